The Morgan fingerprint density at radius 2 is 0.655 bits per heavy atom. The number of phenolic OH excluding ortho intramolecular Hbond substituents is 2. The topological polar surface area (TPSA) is 230 Å². The lowest BCUT2D eigenvalue weighted by Gasteiger charge is -2.17. The Hall–Kier alpha value is -8.13. The van der Waals surface area contributed by atoms with E-state index in [1.807, 2.05) is 60.7 Å². The number of aldehydes is 1. The quantitative estimate of drug-likeness (QED) is 0.0396. The molecule has 454 valence electrons. The summed E-state index contributed by atoms with van der Waals surface area (Å²) in [6, 6.07) is 26.1. The third-order valence-electron chi connectivity index (χ3n) is 12.8. The minimum atomic E-state index is 0. The minimum absolute atomic E-state index is 0. The number of methoxy groups -OCH3 is 8. The molecule has 0 aromatic heterocycles. The summed E-state index contributed by atoms with van der Waals surface area (Å²) in [4.78, 5) is 47.0. The zero-order valence-corrected chi connectivity index (χ0v) is 50.1. The molecule has 0 radical (unpaired) electrons. The molecule has 0 atom stereocenters. The lowest BCUT2D eigenvalue weighted by atomic mass is 9.87. The number of aliphatic hydroxyl groups excluding tert-OH is 1. The van der Waals surface area contributed by atoms with Crippen molar-refractivity contribution in [1.29, 1.82) is 0 Å². The Morgan fingerprint density at radius 3 is 0.929 bits per heavy atom. The van der Waals surface area contributed by atoms with Gasteiger partial charge >= 0.3 is 0 Å². The van der Waals surface area contributed by atoms with Crippen molar-refractivity contribution in [3.8, 4) is 57.5 Å². The minimum Gasteiger partial charge on any atom is -0.504 e. The number of Topliss-reactive ketones (excluding diaryl/α,β-unsaturated/α-hetero) is 3. The first-order chi connectivity index (χ1) is 40.3. The molecule has 5 aromatic carbocycles. The number of hydrogen-bond acceptors (Lipinski definition) is 18. The van der Waals surface area contributed by atoms with Crippen LogP contribution in [0.3, 0.4) is 0 Å². The van der Waals surface area contributed by atoms with Gasteiger partial charge in [-0.3, -0.25) is 19.2 Å². The van der Waals surface area contributed by atoms with E-state index in [2.05, 4.69) is 0 Å². The molecule has 3 saturated carbocycles. The van der Waals surface area contributed by atoms with Crippen LogP contribution in [0.2, 0.25) is 0 Å². The molecule has 3 aliphatic carbocycles. The summed E-state index contributed by atoms with van der Waals surface area (Å²) in [6.45, 7) is 0.415. The van der Waals surface area contributed by atoms with Crippen LogP contribution in [0.25, 0.3) is 24.3 Å². The fourth-order valence-corrected chi connectivity index (χ4v) is 8.71. The van der Waals surface area contributed by atoms with Crippen LogP contribution >= 0.6 is 12.4 Å². The molecular formula is C65H79ClO18. The monoisotopic (exact) mass is 1180 g/mol. The Kier molecular flexibility index (Phi) is 32.2. The summed E-state index contributed by atoms with van der Waals surface area (Å²) in [7, 11) is 13.3. The van der Waals surface area contributed by atoms with E-state index in [-0.39, 0.29) is 55.9 Å². The zero-order chi connectivity index (χ0) is 60.5. The van der Waals surface area contributed by atoms with Gasteiger partial charge in [-0.15, -0.1) is 12.4 Å². The Balaban J connectivity index is 0.000000322. The third kappa shape index (κ3) is 22.2. The highest BCUT2D eigenvalue weighted by Gasteiger charge is 2.23. The number of carbonyl (C=O) groups is 4. The maximum Gasteiger partial charge on any atom is 0.188 e. The molecule has 0 unspecified atom stereocenters. The highest BCUT2D eigenvalue weighted by atomic mass is 35.5. The number of ether oxygens (including phenoxy) is 11. The van der Waals surface area contributed by atoms with Crippen LogP contribution in [-0.2, 0) is 28.6 Å². The van der Waals surface area contributed by atoms with Gasteiger partial charge in [-0.05, 0) is 165 Å². The van der Waals surface area contributed by atoms with Gasteiger partial charge in [0.1, 0.15) is 12.1 Å². The van der Waals surface area contributed by atoms with E-state index in [1.165, 1.54) is 34.9 Å². The molecule has 0 heterocycles. The first-order valence-electron chi connectivity index (χ1n) is 26.8. The van der Waals surface area contributed by atoms with E-state index in [0.717, 1.165) is 109 Å². The fraction of sp³-hybridized carbons (Fsp3) is 0.354. The van der Waals surface area contributed by atoms with Crippen molar-refractivity contribution in [2.75, 3.05) is 84.4 Å². The Morgan fingerprint density at radius 1 is 0.369 bits per heavy atom. The maximum absolute atomic E-state index is 13.2. The van der Waals surface area contributed by atoms with Crippen LogP contribution in [0.4, 0.5) is 0 Å². The smallest absolute Gasteiger partial charge is 0.188 e. The van der Waals surface area contributed by atoms with E-state index < -0.39 is 0 Å². The molecule has 0 spiro atoms. The molecule has 19 heteroatoms. The number of aromatic hydroxyl groups is 2. The lowest BCUT2D eigenvalue weighted by Crippen LogP contribution is -2.12. The number of benzene rings is 5. The van der Waals surface area contributed by atoms with E-state index in [0.29, 0.717) is 70.2 Å². The van der Waals surface area contributed by atoms with Crippen molar-refractivity contribution >= 4 is 60.3 Å². The second kappa shape index (κ2) is 38.6. The van der Waals surface area contributed by atoms with E-state index >= 15 is 0 Å². The maximum atomic E-state index is 13.2. The number of halogens is 1. The first kappa shape index (κ1) is 70.1. The molecule has 0 amide bonds. The summed E-state index contributed by atoms with van der Waals surface area (Å²) in [5, 5.41) is 26.4. The van der Waals surface area contributed by atoms with Gasteiger partial charge in [0.15, 0.2) is 89.4 Å². The van der Waals surface area contributed by atoms with Gasteiger partial charge in [-0.2, -0.15) is 0 Å². The van der Waals surface area contributed by atoms with Gasteiger partial charge in [0.2, 0.25) is 0 Å². The molecule has 0 aliphatic heterocycles. The lowest BCUT2D eigenvalue weighted by molar-refractivity contribution is -0.120. The van der Waals surface area contributed by atoms with Gasteiger partial charge in [0.05, 0.1) is 35.5 Å². The molecule has 8 rings (SSSR count). The average molecular weight is 1180 g/mol. The standard InChI is InChI=1S/C26H30O7.C22H22O5.C10H12O4.C6H10O.CH4O.ClH/c1-28-16-32-22-10-8-18(14-24(22)30-3)12-20-6-5-7-21(26(20)27)13-19-9-11-23(33-17-29-2)25(15-19)31-4;1-26-20-12-14(6-8-18(20)23)10-16-4-3-5-17(22(16)25)11-15-7-9-19(24)21(13-15)27-2;1-12-7-14-9-4-3-8(6-11)5-10(9)13-2;7-6-4-2-1-3-5-6;1-2;/h8-15H,5-7,16-17H2,1-4H3;6-13,23-24H,3-5H2,1-2H3;3-6H,7H2,1-2H3;1-5H2;2H,1H3;1H/b20-12+,21-13+;16-10+,17-11+;;;;. The van der Waals surface area contributed by atoms with E-state index in [1.54, 1.807) is 83.0 Å². The van der Waals surface area contributed by atoms with Crippen molar-refractivity contribution in [3.05, 3.63) is 141 Å². The van der Waals surface area contributed by atoms with Gasteiger partial charge in [-0.25, -0.2) is 0 Å². The van der Waals surface area contributed by atoms with E-state index in [9.17, 15) is 29.4 Å². The average Bonchev–Trinajstić information content (AvgIpc) is 3.70. The van der Waals surface area contributed by atoms with Crippen LogP contribution < -0.4 is 37.9 Å². The van der Waals surface area contributed by atoms with Crippen LogP contribution in [0.15, 0.2) is 113 Å². The molecule has 84 heavy (non-hydrogen) atoms. The van der Waals surface area contributed by atoms with Crippen molar-refractivity contribution in [2.24, 2.45) is 0 Å². The molecule has 0 saturated heterocycles. The van der Waals surface area contributed by atoms with Crippen molar-refractivity contribution in [1.82, 2.24) is 0 Å². The van der Waals surface area contributed by atoms with Gasteiger partial charge in [-0.1, -0.05) is 30.7 Å². The fourth-order valence-electron chi connectivity index (χ4n) is 8.71. The Bertz CT molecular complexity index is 2870. The predicted molar refractivity (Wildman–Crippen MR) is 324 cm³/mol. The van der Waals surface area contributed by atoms with Crippen molar-refractivity contribution < 1.29 is 86.6 Å². The number of allylic oxidation sites excluding steroid dienone is 4. The molecule has 3 fully saturated rings. The van der Waals surface area contributed by atoms with Gasteiger partial charge in [0.25, 0.3) is 0 Å². The van der Waals surface area contributed by atoms with Crippen LogP contribution in [0, 0.1) is 0 Å². The van der Waals surface area contributed by atoms with Crippen LogP contribution in [-0.4, -0.2) is 123 Å². The first-order valence-corrected chi connectivity index (χ1v) is 26.8. The molecular weight excluding hydrogens is 1100 g/mol. The molecule has 3 N–H and O–H groups in total. The number of ketones is 3. The summed E-state index contributed by atoms with van der Waals surface area (Å²) < 4.78 is 57.0. The summed E-state index contributed by atoms with van der Waals surface area (Å²) in [5.41, 5.74) is 6.91. The van der Waals surface area contributed by atoms with Gasteiger partial charge < -0.3 is 67.4 Å². The third-order valence-corrected chi connectivity index (χ3v) is 12.8. The number of hydrogen-bond donors (Lipinski definition) is 3. The Labute approximate surface area is 498 Å². The largest absolute Gasteiger partial charge is 0.504 e. The van der Waals surface area contributed by atoms with Gasteiger partial charge in [0, 0.05) is 69.1 Å². The number of carbonyl (C=O) groups excluding carboxylic acids is 4. The normalized spacial score (nSPS) is 15.5. The second-order valence-electron chi connectivity index (χ2n) is 18.5. The second-order valence-corrected chi connectivity index (χ2v) is 18.5. The van der Waals surface area contributed by atoms with Crippen molar-refractivity contribution in [3.63, 3.8) is 0 Å². The zero-order valence-electron chi connectivity index (χ0n) is 49.3. The number of rotatable bonds is 19. The molecule has 3 aliphatic rings. The number of phenols is 2. The summed E-state index contributed by atoms with van der Waals surface area (Å²) in [5.74, 6) is 4.84. The SMILES string of the molecule is CO.COCOc1ccc(/C=C2\CCC/C(=C\c3ccc(OCOC)c(OC)c3)C2=O)cc1OC.COCOc1ccc(C=O)cc1OC.COc1cc(/C=C2\CCC/C(=C\c3ccc(O)c(OC)c3)C2=O)ccc1O.Cl.O=C1CCCCC1. The highest BCUT2D eigenvalue weighted by Crippen LogP contribution is 2.36. The van der Waals surface area contributed by atoms with Crippen LogP contribution in [0.5, 0.6) is 57.5 Å². The predicted octanol–water partition coefficient (Wildman–Crippen LogP) is 12.3. The number of aliphatic hydroxyl groups is 1. The van der Waals surface area contributed by atoms with Crippen LogP contribution in [0.1, 0.15) is 103 Å². The highest BCUT2D eigenvalue weighted by molar-refractivity contribution is 6.14. The molecule has 18 nitrogen and oxygen atoms in total. The van der Waals surface area contributed by atoms with Crippen molar-refractivity contribution in [2.45, 2.75) is 70.6 Å². The molecule has 0 bridgehead atoms. The summed E-state index contributed by atoms with van der Waals surface area (Å²) >= 11 is 0. The summed E-state index contributed by atoms with van der Waals surface area (Å²) in [6.07, 6.45) is 18.2. The van der Waals surface area contributed by atoms with E-state index in [4.69, 9.17) is 57.2 Å². The molecule has 5 aromatic rings.